The Morgan fingerprint density at radius 1 is 1.18 bits per heavy atom. The number of ether oxygens (including phenoxy) is 1. The predicted molar refractivity (Wildman–Crippen MR) is 72.0 cm³/mol. The summed E-state index contributed by atoms with van der Waals surface area (Å²) >= 11 is 0. The van der Waals surface area contributed by atoms with Gasteiger partial charge in [0, 0.05) is 20.3 Å². The molecule has 4 nitrogen and oxygen atoms in total. The maximum Gasteiger partial charge on any atom is 0.156 e. The minimum absolute atomic E-state index is 0.163. The van der Waals surface area contributed by atoms with Crippen molar-refractivity contribution in [1.29, 1.82) is 0 Å². The second kappa shape index (κ2) is 8.06. The summed E-state index contributed by atoms with van der Waals surface area (Å²) in [5.41, 5.74) is 0. The van der Waals surface area contributed by atoms with E-state index in [0.29, 0.717) is 13.2 Å². The van der Waals surface area contributed by atoms with Gasteiger partial charge in [-0.05, 0) is 32.7 Å². The van der Waals surface area contributed by atoms with Crippen LogP contribution in [0.1, 0.15) is 34.1 Å². The van der Waals surface area contributed by atoms with Gasteiger partial charge in [0.25, 0.3) is 0 Å². The minimum Gasteiger partial charge on any atom is -0.385 e. The first-order chi connectivity index (χ1) is 7.84. The van der Waals surface area contributed by atoms with Gasteiger partial charge in [-0.1, -0.05) is 13.8 Å². The molecule has 0 aliphatic rings. The van der Waals surface area contributed by atoms with Crippen molar-refractivity contribution in [2.75, 3.05) is 26.8 Å². The second-order valence-corrected chi connectivity index (χ2v) is 7.63. The van der Waals surface area contributed by atoms with E-state index in [1.165, 1.54) is 0 Å². The summed E-state index contributed by atoms with van der Waals surface area (Å²) in [4.78, 5) is 0. The van der Waals surface area contributed by atoms with Gasteiger partial charge in [0.1, 0.15) is 0 Å². The summed E-state index contributed by atoms with van der Waals surface area (Å²) in [6.45, 7) is 9.48. The van der Waals surface area contributed by atoms with Gasteiger partial charge in [-0.2, -0.15) is 0 Å². The molecule has 0 spiro atoms. The average Bonchev–Trinajstić information content (AvgIpc) is 2.27. The Hall–Kier alpha value is -0.130. The predicted octanol–water partition coefficient (Wildman–Crippen LogP) is 1.46. The summed E-state index contributed by atoms with van der Waals surface area (Å²) in [6, 6.07) is 0. The van der Waals surface area contributed by atoms with Crippen LogP contribution in [0, 0.1) is 5.92 Å². The van der Waals surface area contributed by atoms with Crippen LogP contribution in [0.5, 0.6) is 0 Å². The van der Waals surface area contributed by atoms with Crippen LogP contribution < -0.4 is 5.32 Å². The molecule has 2 atom stereocenters. The van der Waals surface area contributed by atoms with Crippen molar-refractivity contribution in [3.8, 4) is 0 Å². The molecule has 104 valence electrons. The van der Waals surface area contributed by atoms with Crippen LogP contribution in [0.15, 0.2) is 0 Å². The highest BCUT2D eigenvalue weighted by molar-refractivity contribution is 7.92. The third-order valence-electron chi connectivity index (χ3n) is 3.15. The molecule has 5 heteroatoms. The number of rotatable bonds is 9. The number of hydrogen-bond acceptors (Lipinski definition) is 4. The lowest BCUT2D eigenvalue weighted by molar-refractivity contribution is 0.194. The molecule has 0 aromatic heterocycles. The summed E-state index contributed by atoms with van der Waals surface area (Å²) in [7, 11) is -1.36. The highest BCUT2D eigenvalue weighted by Gasteiger charge is 2.29. The molecule has 0 aliphatic heterocycles. The Labute approximate surface area is 106 Å². The molecule has 0 saturated carbocycles. The van der Waals surface area contributed by atoms with Gasteiger partial charge in [-0.3, -0.25) is 0 Å². The first-order valence-electron chi connectivity index (χ1n) is 6.26. The van der Waals surface area contributed by atoms with E-state index in [1.807, 2.05) is 13.8 Å². The molecule has 0 aromatic rings. The Morgan fingerprint density at radius 3 is 2.24 bits per heavy atom. The smallest absolute Gasteiger partial charge is 0.156 e. The number of methoxy groups -OCH3 is 1. The van der Waals surface area contributed by atoms with E-state index in [4.69, 9.17) is 4.74 Å². The second-order valence-electron chi connectivity index (χ2n) is 4.90. The van der Waals surface area contributed by atoms with Crippen molar-refractivity contribution in [2.24, 2.45) is 5.92 Å². The van der Waals surface area contributed by atoms with Gasteiger partial charge in [-0.15, -0.1) is 0 Å². The molecule has 0 amide bonds. The third kappa shape index (κ3) is 5.84. The molecule has 0 saturated heterocycles. The summed E-state index contributed by atoms with van der Waals surface area (Å²) in [5.74, 6) is 0.163. The molecule has 0 aromatic carbocycles. The van der Waals surface area contributed by atoms with Gasteiger partial charge in [0.05, 0.1) is 10.5 Å². The van der Waals surface area contributed by atoms with Crippen LogP contribution in [0.3, 0.4) is 0 Å². The Bertz CT molecular complexity index is 288. The molecule has 0 radical (unpaired) electrons. The van der Waals surface area contributed by atoms with E-state index in [1.54, 1.807) is 21.0 Å². The van der Waals surface area contributed by atoms with Crippen molar-refractivity contribution < 1.29 is 13.2 Å². The normalized spacial score (nSPS) is 16.1. The van der Waals surface area contributed by atoms with Gasteiger partial charge >= 0.3 is 0 Å². The molecule has 0 rings (SSSR count). The fourth-order valence-corrected chi connectivity index (χ4v) is 3.35. The van der Waals surface area contributed by atoms with Gasteiger partial charge in [0.15, 0.2) is 9.84 Å². The van der Waals surface area contributed by atoms with E-state index in [2.05, 4.69) is 5.32 Å². The van der Waals surface area contributed by atoms with Crippen LogP contribution >= 0.6 is 0 Å². The highest BCUT2D eigenvalue weighted by Crippen LogP contribution is 2.16. The Morgan fingerprint density at radius 2 is 1.76 bits per heavy atom. The molecular formula is C12H27NO3S. The molecule has 0 fully saturated rings. The molecule has 1 N–H and O–H groups in total. The molecule has 0 bridgehead atoms. The highest BCUT2D eigenvalue weighted by atomic mass is 32.2. The van der Waals surface area contributed by atoms with E-state index < -0.39 is 9.84 Å². The lowest BCUT2D eigenvalue weighted by Crippen LogP contribution is -2.38. The molecule has 0 heterocycles. The SMILES string of the molecule is COCCCNCC(C)S(=O)(=O)C(C)C(C)C. The fraction of sp³-hybridized carbons (Fsp3) is 1.00. The van der Waals surface area contributed by atoms with Crippen LogP contribution in [0.4, 0.5) is 0 Å². The zero-order chi connectivity index (χ0) is 13.5. The van der Waals surface area contributed by atoms with Crippen molar-refractivity contribution in [1.82, 2.24) is 5.32 Å². The van der Waals surface area contributed by atoms with Crippen LogP contribution in [-0.2, 0) is 14.6 Å². The molecular weight excluding hydrogens is 238 g/mol. The van der Waals surface area contributed by atoms with Gasteiger partial charge in [-0.25, -0.2) is 8.42 Å². The van der Waals surface area contributed by atoms with E-state index in [0.717, 1.165) is 13.0 Å². The largest absolute Gasteiger partial charge is 0.385 e. The first-order valence-corrected chi connectivity index (χ1v) is 7.87. The molecule has 17 heavy (non-hydrogen) atoms. The maximum absolute atomic E-state index is 12.1. The standard InChI is InChI=1S/C12H27NO3S/c1-10(2)12(4)17(14,15)11(3)9-13-7-6-8-16-5/h10-13H,6-9H2,1-5H3. The van der Waals surface area contributed by atoms with Crippen molar-refractivity contribution in [3.63, 3.8) is 0 Å². The van der Waals surface area contributed by atoms with Crippen molar-refractivity contribution >= 4 is 9.84 Å². The van der Waals surface area contributed by atoms with Crippen LogP contribution in [-0.4, -0.2) is 45.7 Å². The van der Waals surface area contributed by atoms with E-state index >= 15 is 0 Å². The lowest BCUT2D eigenvalue weighted by Gasteiger charge is -2.21. The monoisotopic (exact) mass is 265 g/mol. The lowest BCUT2D eigenvalue weighted by atomic mass is 10.2. The van der Waals surface area contributed by atoms with Crippen molar-refractivity contribution in [3.05, 3.63) is 0 Å². The topological polar surface area (TPSA) is 55.4 Å². The van der Waals surface area contributed by atoms with Crippen LogP contribution in [0.2, 0.25) is 0 Å². The fourth-order valence-electron chi connectivity index (χ4n) is 1.51. The number of nitrogens with one attached hydrogen (secondary N) is 1. The summed E-state index contributed by atoms with van der Waals surface area (Å²) in [6.07, 6.45) is 0.906. The zero-order valence-electron chi connectivity index (χ0n) is 11.7. The first kappa shape index (κ1) is 16.9. The van der Waals surface area contributed by atoms with Gasteiger partial charge in [0.2, 0.25) is 0 Å². The third-order valence-corrected chi connectivity index (χ3v) is 6.02. The Kier molecular flexibility index (Phi) is 8.00. The number of sulfone groups is 1. The summed E-state index contributed by atoms with van der Waals surface area (Å²) in [5, 5.41) is 2.55. The van der Waals surface area contributed by atoms with Crippen molar-refractivity contribution in [2.45, 2.75) is 44.6 Å². The Balaban J connectivity index is 4.08. The van der Waals surface area contributed by atoms with E-state index in [-0.39, 0.29) is 16.4 Å². The zero-order valence-corrected chi connectivity index (χ0v) is 12.5. The maximum atomic E-state index is 12.1. The minimum atomic E-state index is -3.02. The van der Waals surface area contributed by atoms with Gasteiger partial charge < -0.3 is 10.1 Å². The average molecular weight is 265 g/mol. The molecule has 0 aliphatic carbocycles. The van der Waals surface area contributed by atoms with E-state index in [9.17, 15) is 8.42 Å². The molecule has 2 unspecified atom stereocenters. The van der Waals surface area contributed by atoms with Crippen LogP contribution in [0.25, 0.3) is 0 Å². The quantitative estimate of drug-likeness (QED) is 0.641. The summed E-state index contributed by atoms with van der Waals surface area (Å²) < 4.78 is 29.2. The number of hydrogen-bond donors (Lipinski definition) is 1.